The third kappa shape index (κ3) is 4.45. The zero-order valence-electron chi connectivity index (χ0n) is 15.1. The zero-order valence-corrected chi connectivity index (χ0v) is 15.1. The summed E-state index contributed by atoms with van der Waals surface area (Å²) in [5.74, 6) is 1.43. The second-order valence-electron chi connectivity index (χ2n) is 6.94. The predicted molar refractivity (Wildman–Crippen MR) is 97.5 cm³/mol. The lowest BCUT2D eigenvalue weighted by molar-refractivity contribution is 0.0697. The highest BCUT2D eigenvalue weighted by Crippen LogP contribution is 2.26. The van der Waals surface area contributed by atoms with Gasteiger partial charge < -0.3 is 14.4 Å². The first-order chi connectivity index (χ1) is 12.1. The maximum atomic E-state index is 12.7. The third-order valence-corrected chi connectivity index (χ3v) is 4.71. The Morgan fingerprint density at radius 2 is 2.16 bits per heavy atom. The van der Waals surface area contributed by atoms with Crippen LogP contribution in [0.3, 0.4) is 0 Å². The molecule has 1 aliphatic heterocycles. The minimum atomic E-state index is 0.0241. The number of carbonyl (C=O) groups excluding carboxylic acids is 1. The molecule has 134 valence electrons. The summed E-state index contributed by atoms with van der Waals surface area (Å²) in [6.07, 6.45) is 8.80. The Morgan fingerprint density at radius 3 is 2.92 bits per heavy atom. The fourth-order valence-corrected chi connectivity index (χ4v) is 3.45. The molecule has 1 unspecified atom stereocenters. The van der Waals surface area contributed by atoms with Crippen LogP contribution in [0.15, 0.2) is 36.8 Å². The molecule has 0 N–H and O–H groups in total. The van der Waals surface area contributed by atoms with E-state index in [0.29, 0.717) is 11.6 Å². The number of likely N-dealkylation sites (tertiary alicyclic amines) is 1. The van der Waals surface area contributed by atoms with E-state index in [1.165, 1.54) is 0 Å². The van der Waals surface area contributed by atoms with E-state index in [1.807, 2.05) is 23.2 Å². The van der Waals surface area contributed by atoms with Crippen LogP contribution in [0.25, 0.3) is 0 Å². The number of imidazole rings is 1. The summed E-state index contributed by atoms with van der Waals surface area (Å²) in [4.78, 5) is 25.6. The van der Waals surface area contributed by atoms with Gasteiger partial charge >= 0.3 is 0 Å². The van der Waals surface area contributed by atoms with Crippen molar-refractivity contribution in [3.8, 4) is 0 Å². The van der Waals surface area contributed by atoms with Crippen molar-refractivity contribution in [1.29, 1.82) is 0 Å². The molecule has 1 saturated heterocycles. The van der Waals surface area contributed by atoms with Gasteiger partial charge in [-0.25, -0.2) is 4.98 Å². The molecular weight excluding hydrogens is 314 g/mol. The van der Waals surface area contributed by atoms with Crippen molar-refractivity contribution < 1.29 is 4.79 Å². The number of aryl methyl sites for hydroxylation is 1. The number of pyridine rings is 1. The number of piperidine rings is 1. The minimum absolute atomic E-state index is 0.0241. The van der Waals surface area contributed by atoms with Gasteiger partial charge in [-0.05, 0) is 52.0 Å². The molecule has 1 atom stereocenters. The van der Waals surface area contributed by atoms with Crippen LogP contribution in [0.4, 0.5) is 0 Å². The molecule has 0 aromatic carbocycles. The lowest BCUT2D eigenvalue weighted by atomic mass is 9.96. The van der Waals surface area contributed by atoms with Crippen molar-refractivity contribution in [1.82, 2.24) is 24.3 Å². The van der Waals surface area contributed by atoms with Crippen molar-refractivity contribution >= 4 is 5.91 Å². The molecule has 1 fully saturated rings. The van der Waals surface area contributed by atoms with Gasteiger partial charge in [0.2, 0.25) is 0 Å². The molecule has 2 aromatic rings. The van der Waals surface area contributed by atoms with Gasteiger partial charge in [0.15, 0.2) is 0 Å². The summed E-state index contributed by atoms with van der Waals surface area (Å²) < 4.78 is 2.25. The fourth-order valence-electron chi connectivity index (χ4n) is 3.45. The van der Waals surface area contributed by atoms with Crippen molar-refractivity contribution in [3.05, 3.63) is 48.3 Å². The van der Waals surface area contributed by atoms with Crippen molar-refractivity contribution in [3.63, 3.8) is 0 Å². The zero-order chi connectivity index (χ0) is 17.6. The number of hydrogen-bond donors (Lipinski definition) is 0. The predicted octanol–water partition coefficient (Wildman–Crippen LogP) is 2.25. The Morgan fingerprint density at radius 1 is 1.28 bits per heavy atom. The molecule has 3 heterocycles. The maximum absolute atomic E-state index is 12.7. The lowest BCUT2D eigenvalue weighted by Crippen LogP contribution is -2.40. The van der Waals surface area contributed by atoms with Crippen LogP contribution in [0.2, 0.25) is 0 Å². The Labute approximate surface area is 149 Å². The monoisotopic (exact) mass is 341 g/mol. The highest BCUT2D eigenvalue weighted by molar-refractivity contribution is 5.92. The highest BCUT2D eigenvalue weighted by Gasteiger charge is 2.28. The average Bonchev–Trinajstić information content (AvgIpc) is 3.10. The van der Waals surface area contributed by atoms with Crippen molar-refractivity contribution in [2.45, 2.75) is 31.7 Å². The normalized spacial score (nSPS) is 17.9. The first-order valence-corrected chi connectivity index (χ1v) is 9.01. The summed E-state index contributed by atoms with van der Waals surface area (Å²) in [5.41, 5.74) is 0.525. The number of rotatable bonds is 6. The standard InChI is InChI=1S/C19H27N5O/c1-22(2)11-6-13-23-14-10-21-18(23)16-7-5-12-24(15-16)19(25)17-8-3-4-9-20-17/h3-4,8-10,14,16H,5-7,11-13,15H2,1-2H3. The molecule has 0 aliphatic carbocycles. The van der Waals surface area contributed by atoms with Gasteiger partial charge in [-0.15, -0.1) is 0 Å². The second-order valence-corrected chi connectivity index (χ2v) is 6.94. The van der Waals surface area contributed by atoms with E-state index in [1.54, 1.807) is 12.3 Å². The molecule has 6 nitrogen and oxygen atoms in total. The van der Waals surface area contributed by atoms with Gasteiger partial charge in [0, 0.05) is 44.1 Å². The number of hydrogen-bond acceptors (Lipinski definition) is 4. The summed E-state index contributed by atoms with van der Waals surface area (Å²) in [5, 5.41) is 0. The van der Waals surface area contributed by atoms with Crippen LogP contribution in [0, 0.1) is 0 Å². The Balaban J connectivity index is 1.66. The first kappa shape index (κ1) is 17.6. The van der Waals surface area contributed by atoms with Gasteiger partial charge in [-0.1, -0.05) is 6.07 Å². The third-order valence-electron chi connectivity index (χ3n) is 4.71. The number of amides is 1. The number of nitrogens with zero attached hydrogens (tertiary/aromatic N) is 5. The van der Waals surface area contributed by atoms with Crippen LogP contribution >= 0.6 is 0 Å². The van der Waals surface area contributed by atoms with Crippen molar-refractivity contribution in [2.24, 2.45) is 0 Å². The van der Waals surface area contributed by atoms with Crippen LogP contribution in [-0.2, 0) is 6.54 Å². The Bertz CT molecular complexity index is 682. The number of carbonyl (C=O) groups is 1. The van der Waals surface area contributed by atoms with Crippen molar-refractivity contribution in [2.75, 3.05) is 33.7 Å². The van der Waals surface area contributed by atoms with E-state index in [2.05, 4.69) is 39.7 Å². The average molecular weight is 341 g/mol. The molecule has 1 amide bonds. The topological polar surface area (TPSA) is 54.3 Å². The SMILES string of the molecule is CN(C)CCCn1ccnc1C1CCCN(C(=O)c2ccccn2)C1. The molecular formula is C19H27N5O. The Hall–Kier alpha value is -2.21. The van der Waals surface area contributed by atoms with Gasteiger partial charge in [-0.2, -0.15) is 0 Å². The van der Waals surface area contributed by atoms with E-state index in [4.69, 9.17) is 0 Å². The summed E-state index contributed by atoms with van der Waals surface area (Å²) in [6, 6.07) is 5.48. The molecule has 0 saturated carbocycles. The summed E-state index contributed by atoms with van der Waals surface area (Å²) in [6.45, 7) is 3.55. The van der Waals surface area contributed by atoms with E-state index < -0.39 is 0 Å². The highest BCUT2D eigenvalue weighted by atomic mass is 16.2. The van der Waals surface area contributed by atoms with E-state index >= 15 is 0 Å². The maximum Gasteiger partial charge on any atom is 0.272 e. The second kappa shape index (κ2) is 8.25. The van der Waals surface area contributed by atoms with E-state index in [0.717, 1.165) is 51.3 Å². The minimum Gasteiger partial charge on any atom is -0.337 e. The molecule has 25 heavy (non-hydrogen) atoms. The summed E-state index contributed by atoms with van der Waals surface area (Å²) >= 11 is 0. The van der Waals surface area contributed by atoms with E-state index in [-0.39, 0.29) is 5.91 Å². The van der Waals surface area contributed by atoms with Gasteiger partial charge in [-0.3, -0.25) is 9.78 Å². The van der Waals surface area contributed by atoms with Gasteiger partial charge in [0.05, 0.1) is 0 Å². The lowest BCUT2D eigenvalue weighted by Gasteiger charge is -2.32. The molecule has 1 aliphatic rings. The van der Waals surface area contributed by atoms with Crippen LogP contribution in [-0.4, -0.2) is 64.0 Å². The smallest absolute Gasteiger partial charge is 0.272 e. The molecule has 0 spiro atoms. The molecule has 0 radical (unpaired) electrons. The quantitative estimate of drug-likeness (QED) is 0.809. The number of aromatic nitrogens is 3. The van der Waals surface area contributed by atoms with Crippen LogP contribution < -0.4 is 0 Å². The Kier molecular flexibility index (Phi) is 5.81. The van der Waals surface area contributed by atoms with Gasteiger partial charge in [0.25, 0.3) is 5.91 Å². The first-order valence-electron chi connectivity index (χ1n) is 9.01. The van der Waals surface area contributed by atoms with Crippen LogP contribution in [0.1, 0.15) is 41.5 Å². The molecule has 2 aromatic heterocycles. The van der Waals surface area contributed by atoms with Crippen LogP contribution in [0.5, 0.6) is 0 Å². The molecule has 3 rings (SSSR count). The molecule has 6 heteroatoms. The summed E-state index contributed by atoms with van der Waals surface area (Å²) in [7, 11) is 4.19. The van der Waals surface area contributed by atoms with E-state index in [9.17, 15) is 4.79 Å². The largest absolute Gasteiger partial charge is 0.337 e. The fraction of sp³-hybridized carbons (Fsp3) is 0.526. The molecule has 0 bridgehead atoms. The van der Waals surface area contributed by atoms with Gasteiger partial charge in [0.1, 0.15) is 11.5 Å².